The van der Waals surface area contributed by atoms with Crippen LogP contribution in [0.25, 0.3) is 0 Å². The second-order valence-electron chi connectivity index (χ2n) is 3.46. The maximum atomic E-state index is 13.4. The quantitative estimate of drug-likeness (QED) is 0.540. The Balaban J connectivity index is 2.05. The summed E-state index contributed by atoms with van der Waals surface area (Å²) in [6, 6.07) is 0. The Morgan fingerprint density at radius 3 is 2.89 bits per heavy atom. The van der Waals surface area contributed by atoms with Crippen LogP contribution in [0.2, 0.25) is 0 Å². The van der Waals surface area contributed by atoms with Gasteiger partial charge in [-0.15, -0.1) is 0 Å². The average Bonchev–Trinajstić information content (AvgIpc) is 2.86. The van der Waals surface area contributed by atoms with E-state index in [9.17, 15) is 4.39 Å². The monoisotopic (exact) mass is 252 g/mol. The first-order valence-corrected chi connectivity index (χ1v) is 5.39. The maximum absolute atomic E-state index is 13.4. The third kappa shape index (κ3) is 2.72. The summed E-state index contributed by atoms with van der Waals surface area (Å²) in [5.74, 6) is 5.97. The van der Waals surface area contributed by atoms with Gasteiger partial charge in [0.2, 0.25) is 11.8 Å². The summed E-state index contributed by atoms with van der Waals surface area (Å²) in [4.78, 5) is 11.5. The van der Waals surface area contributed by atoms with E-state index in [0.717, 1.165) is 18.4 Å². The van der Waals surface area contributed by atoms with Crippen LogP contribution in [0.3, 0.4) is 0 Å². The van der Waals surface area contributed by atoms with Crippen molar-refractivity contribution in [1.82, 2.24) is 15.0 Å². The number of hydrazine groups is 1. The largest absolute Gasteiger partial charge is 0.444 e. The molecule has 18 heavy (non-hydrogen) atoms. The zero-order valence-electron chi connectivity index (χ0n) is 9.77. The number of rotatable bonds is 5. The maximum Gasteiger partial charge on any atom is 0.239 e. The summed E-state index contributed by atoms with van der Waals surface area (Å²) in [7, 11) is 0. The molecule has 0 aliphatic carbocycles. The van der Waals surface area contributed by atoms with E-state index in [4.69, 9.17) is 10.3 Å². The van der Waals surface area contributed by atoms with Gasteiger partial charge < -0.3 is 9.73 Å². The van der Waals surface area contributed by atoms with Gasteiger partial charge in [0, 0.05) is 6.42 Å². The summed E-state index contributed by atoms with van der Waals surface area (Å²) in [5, 5.41) is 2.76. The highest BCUT2D eigenvalue weighted by molar-refractivity contribution is 5.40. The molecule has 0 atom stereocenters. The Hall–Kier alpha value is -2.22. The molecule has 0 radical (unpaired) electrons. The molecule has 0 saturated heterocycles. The molecule has 0 fully saturated rings. The van der Waals surface area contributed by atoms with Gasteiger partial charge in [-0.05, 0) is 0 Å². The fourth-order valence-corrected chi connectivity index (χ4v) is 1.31. The van der Waals surface area contributed by atoms with E-state index in [-0.39, 0.29) is 18.3 Å². The molecule has 0 amide bonds. The highest BCUT2D eigenvalue weighted by Crippen LogP contribution is 2.13. The van der Waals surface area contributed by atoms with Crippen LogP contribution in [0.15, 0.2) is 16.8 Å². The topological polar surface area (TPSA) is 102 Å². The minimum Gasteiger partial charge on any atom is -0.444 e. The summed E-state index contributed by atoms with van der Waals surface area (Å²) < 4.78 is 18.7. The number of anilines is 2. The summed E-state index contributed by atoms with van der Waals surface area (Å²) in [6.07, 6.45) is 3.42. The molecule has 0 spiro atoms. The van der Waals surface area contributed by atoms with Crippen molar-refractivity contribution in [3.05, 3.63) is 29.9 Å². The molecule has 0 aromatic carbocycles. The zero-order chi connectivity index (χ0) is 13.0. The number of nitrogens with two attached hydrogens (primary N) is 1. The SMILES string of the molecule is CCc1cnc(CNc2nc(NN)ncc2F)o1. The normalized spacial score (nSPS) is 10.4. The Kier molecular flexibility index (Phi) is 3.68. The number of hydrogen-bond acceptors (Lipinski definition) is 7. The Bertz CT molecular complexity index is 529. The number of halogens is 1. The van der Waals surface area contributed by atoms with Crippen molar-refractivity contribution in [1.29, 1.82) is 0 Å². The second kappa shape index (κ2) is 5.41. The van der Waals surface area contributed by atoms with Crippen LogP contribution in [-0.2, 0) is 13.0 Å². The third-order valence-corrected chi connectivity index (χ3v) is 2.23. The van der Waals surface area contributed by atoms with Crippen molar-refractivity contribution in [2.75, 3.05) is 10.7 Å². The van der Waals surface area contributed by atoms with E-state index in [1.807, 2.05) is 6.92 Å². The van der Waals surface area contributed by atoms with Crippen LogP contribution >= 0.6 is 0 Å². The molecule has 7 nitrogen and oxygen atoms in total. The molecule has 2 aromatic rings. The molecule has 2 aromatic heterocycles. The fraction of sp³-hybridized carbons (Fsp3) is 0.300. The summed E-state index contributed by atoms with van der Waals surface area (Å²) in [6.45, 7) is 2.19. The van der Waals surface area contributed by atoms with Crippen LogP contribution in [0.4, 0.5) is 16.2 Å². The molecule has 0 saturated carbocycles. The molecular formula is C10H13FN6O. The van der Waals surface area contributed by atoms with Gasteiger partial charge in [0.1, 0.15) is 5.76 Å². The first kappa shape index (κ1) is 12.2. The van der Waals surface area contributed by atoms with Gasteiger partial charge in [0.15, 0.2) is 11.6 Å². The standard InChI is InChI=1S/C10H13FN6O/c1-2-6-3-13-8(18-6)5-14-9-7(11)4-15-10(16-9)17-12/h3-4H,2,5,12H2,1H3,(H2,14,15,16,17). The number of nitrogens with zero attached hydrogens (tertiary/aromatic N) is 3. The highest BCUT2D eigenvalue weighted by Gasteiger charge is 2.08. The van der Waals surface area contributed by atoms with Crippen LogP contribution in [-0.4, -0.2) is 15.0 Å². The van der Waals surface area contributed by atoms with E-state index in [0.29, 0.717) is 5.89 Å². The van der Waals surface area contributed by atoms with Crippen LogP contribution in [0.1, 0.15) is 18.6 Å². The predicted molar refractivity (Wildman–Crippen MR) is 63.0 cm³/mol. The number of hydrogen-bond donors (Lipinski definition) is 3. The van der Waals surface area contributed by atoms with Crippen molar-refractivity contribution >= 4 is 11.8 Å². The molecule has 2 rings (SSSR count). The van der Waals surface area contributed by atoms with Crippen molar-refractivity contribution in [2.45, 2.75) is 19.9 Å². The molecule has 0 aliphatic rings. The van der Waals surface area contributed by atoms with Gasteiger partial charge in [-0.1, -0.05) is 6.92 Å². The van der Waals surface area contributed by atoms with Gasteiger partial charge in [-0.25, -0.2) is 20.2 Å². The molecular weight excluding hydrogens is 239 g/mol. The number of aryl methyl sites for hydroxylation is 1. The van der Waals surface area contributed by atoms with Gasteiger partial charge in [-0.3, -0.25) is 5.43 Å². The number of nitrogen functional groups attached to an aromatic ring is 1. The first-order chi connectivity index (χ1) is 8.72. The molecule has 96 valence electrons. The highest BCUT2D eigenvalue weighted by atomic mass is 19.1. The first-order valence-electron chi connectivity index (χ1n) is 5.39. The smallest absolute Gasteiger partial charge is 0.239 e. The van der Waals surface area contributed by atoms with Gasteiger partial charge >= 0.3 is 0 Å². The van der Waals surface area contributed by atoms with E-state index >= 15 is 0 Å². The molecule has 0 aliphatic heterocycles. The molecule has 0 unspecified atom stereocenters. The van der Waals surface area contributed by atoms with Crippen molar-refractivity contribution < 1.29 is 8.81 Å². The van der Waals surface area contributed by atoms with Crippen molar-refractivity contribution in [3.63, 3.8) is 0 Å². The minimum atomic E-state index is -0.573. The lowest BCUT2D eigenvalue weighted by Gasteiger charge is -2.05. The zero-order valence-corrected chi connectivity index (χ0v) is 9.77. The number of oxazole rings is 1. The van der Waals surface area contributed by atoms with Gasteiger partial charge in [-0.2, -0.15) is 4.98 Å². The van der Waals surface area contributed by atoms with Crippen molar-refractivity contribution in [2.24, 2.45) is 5.84 Å². The minimum absolute atomic E-state index is 0.0363. The van der Waals surface area contributed by atoms with Crippen LogP contribution in [0.5, 0.6) is 0 Å². The lowest BCUT2D eigenvalue weighted by molar-refractivity contribution is 0.465. The van der Waals surface area contributed by atoms with E-state index < -0.39 is 5.82 Å². The van der Waals surface area contributed by atoms with Crippen LogP contribution < -0.4 is 16.6 Å². The number of aromatic nitrogens is 3. The molecule has 4 N–H and O–H groups in total. The van der Waals surface area contributed by atoms with Crippen LogP contribution in [0, 0.1) is 5.82 Å². The summed E-state index contributed by atoms with van der Waals surface area (Å²) >= 11 is 0. The van der Waals surface area contributed by atoms with Gasteiger partial charge in [0.05, 0.1) is 18.9 Å². The lowest BCUT2D eigenvalue weighted by Crippen LogP contribution is -2.13. The van der Waals surface area contributed by atoms with Crippen molar-refractivity contribution in [3.8, 4) is 0 Å². The molecule has 8 heteroatoms. The molecule has 2 heterocycles. The third-order valence-electron chi connectivity index (χ3n) is 2.23. The fourth-order valence-electron chi connectivity index (χ4n) is 1.31. The Morgan fingerprint density at radius 1 is 1.39 bits per heavy atom. The Morgan fingerprint density at radius 2 is 2.22 bits per heavy atom. The lowest BCUT2D eigenvalue weighted by atomic mass is 10.4. The summed E-state index contributed by atoms with van der Waals surface area (Å²) in [5.41, 5.74) is 2.24. The van der Waals surface area contributed by atoms with Gasteiger partial charge in [0.25, 0.3) is 0 Å². The van der Waals surface area contributed by atoms with E-state index in [2.05, 4.69) is 25.7 Å². The van der Waals surface area contributed by atoms with E-state index in [1.165, 1.54) is 0 Å². The van der Waals surface area contributed by atoms with E-state index in [1.54, 1.807) is 6.20 Å². The number of nitrogens with one attached hydrogen (secondary N) is 2. The second-order valence-corrected chi connectivity index (χ2v) is 3.46. The molecule has 0 bridgehead atoms. The predicted octanol–water partition coefficient (Wildman–Crippen LogP) is 1.06. The Labute approximate surface area is 103 Å². The average molecular weight is 252 g/mol.